The molecule has 27 heavy (non-hydrogen) atoms. The Kier molecular flexibility index (Phi) is 5.60. The highest BCUT2D eigenvalue weighted by atomic mass is 32.2. The maximum atomic E-state index is 13.2. The molecule has 0 saturated heterocycles. The Morgan fingerprint density at radius 1 is 1.26 bits per heavy atom. The molecule has 0 aliphatic heterocycles. The lowest BCUT2D eigenvalue weighted by Gasteiger charge is -2.07. The minimum absolute atomic E-state index is 0.0534. The van der Waals surface area contributed by atoms with Gasteiger partial charge in [-0.1, -0.05) is 17.8 Å². The van der Waals surface area contributed by atoms with Gasteiger partial charge in [0.05, 0.1) is 5.75 Å². The molecule has 0 atom stereocenters. The first-order chi connectivity index (χ1) is 12.9. The van der Waals surface area contributed by atoms with E-state index < -0.39 is 0 Å². The van der Waals surface area contributed by atoms with Crippen LogP contribution in [-0.2, 0) is 13.6 Å². The van der Waals surface area contributed by atoms with Crippen molar-refractivity contribution in [1.82, 2.24) is 19.3 Å². The van der Waals surface area contributed by atoms with Crippen LogP contribution in [0.4, 0.5) is 4.39 Å². The second-order valence-electron chi connectivity index (χ2n) is 6.27. The molecule has 7 heteroatoms. The number of ketones is 1. The summed E-state index contributed by atoms with van der Waals surface area (Å²) in [5.41, 5.74) is 3.50. The van der Waals surface area contributed by atoms with Crippen LogP contribution in [0.3, 0.4) is 0 Å². The second kappa shape index (κ2) is 7.92. The minimum Gasteiger partial charge on any atom is -0.351 e. The number of Topliss-reactive ketones (excluding diaryl/α,β-unsaturated/α-hetero) is 1. The van der Waals surface area contributed by atoms with Crippen molar-refractivity contribution < 1.29 is 9.18 Å². The molecule has 3 aromatic rings. The summed E-state index contributed by atoms with van der Waals surface area (Å²) in [6, 6.07) is 8.01. The van der Waals surface area contributed by atoms with Gasteiger partial charge in [-0.25, -0.2) is 4.39 Å². The lowest BCUT2D eigenvalue weighted by Crippen LogP contribution is -2.06. The first kappa shape index (κ1) is 19.1. The molecule has 0 N–H and O–H groups in total. The smallest absolute Gasteiger partial charge is 0.192 e. The third-order valence-electron chi connectivity index (χ3n) is 4.54. The van der Waals surface area contributed by atoms with Crippen LogP contribution >= 0.6 is 11.8 Å². The van der Waals surface area contributed by atoms with Crippen molar-refractivity contribution in [2.75, 3.05) is 5.75 Å². The molecular formula is C20H21FN4OS. The monoisotopic (exact) mass is 384 g/mol. The zero-order valence-corrected chi connectivity index (χ0v) is 16.4. The van der Waals surface area contributed by atoms with Gasteiger partial charge >= 0.3 is 0 Å². The summed E-state index contributed by atoms with van der Waals surface area (Å²) in [5, 5.41) is 9.08. The molecule has 2 aromatic heterocycles. The fraction of sp³-hybridized carbons (Fsp3) is 0.250. The number of carbonyl (C=O) groups is 1. The zero-order valence-electron chi connectivity index (χ0n) is 15.6. The Morgan fingerprint density at radius 3 is 2.56 bits per heavy atom. The van der Waals surface area contributed by atoms with Crippen LogP contribution in [0.15, 0.2) is 48.1 Å². The van der Waals surface area contributed by atoms with Gasteiger partial charge < -0.3 is 4.57 Å². The van der Waals surface area contributed by atoms with Crippen molar-refractivity contribution in [2.45, 2.75) is 25.5 Å². The van der Waals surface area contributed by atoms with Crippen molar-refractivity contribution in [3.63, 3.8) is 0 Å². The van der Waals surface area contributed by atoms with Crippen LogP contribution in [0.1, 0.15) is 21.7 Å². The quantitative estimate of drug-likeness (QED) is 0.348. The summed E-state index contributed by atoms with van der Waals surface area (Å²) in [5.74, 6) is 0.639. The molecule has 5 nitrogen and oxygen atoms in total. The third kappa shape index (κ3) is 3.88. The van der Waals surface area contributed by atoms with Gasteiger partial charge in [-0.2, -0.15) is 0 Å². The first-order valence-corrected chi connectivity index (χ1v) is 9.50. The van der Waals surface area contributed by atoms with Gasteiger partial charge in [0, 0.05) is 36.1 Å². The van der Waals surface area contributed by atoms with E-state index in [0.717, 1.165) is 22.5 Å². The number of aromatic nitrogens is 4. The van der Waals surface area contributed by atoms with Crippen LogP contribution in [-0.4, -0.2) is 30.9 Å². The number of hydrogen-bond donors (Lipinski definition) is 0. The predicted molar refractivity (Wildman–Crippen MR) is 106 cm³/mol. The van der Waals surface area contributed by atoms with E-state index in [1.54, 1.807) is 18.2 Å². The lowest BCUT2D eigenvalue weighted by atomic mass is 10.2. The molecule has 0 radical (unpaired) electrons. The summed E-state index contributed by atoms with van der Waals surface area (Å²) >= 11 is 1.34. The largest absolute Gasteiger partial charge is 0.351 e. The molecule has 0 amide bonds. The summed E-state index contributed by atoms with van der Waals surface area (Å²) in [7, 11) is 1.95. The normalized spacial score (nSPS) is 11.0. The number of hydrogen-bond acceptors (Lipinski definition) is 4. The van der Waals surface area contributed by atoms with Crippen molar-refractivity contribution in [3.8, 4) is 11.4 Å². The molecule has 0 unspecified atom stereocenters. The average molecular weight is 384 g/mol. The SMILES string of the molecule is C=CCn1c(SCC(=O)c2cc(C)n(C)c2C)nnc1-c1ccc(F)cc1. The van der Waals surface area contributed by atoms with Gasteiger partial charge in [0.2, 0.25) is 0 Å². The Bertz CT molecular complexity index is 988. The second-order valence-corrected chi connectivity index (χ2v) is 7.21. The van der Waals surface area contributed by atoms with Crippen molar-refractivity contribution in [1.29, 1.82) is 0 Å². The van der Waals surface area contributed by atoms with E-state index in [1.807, 2.05) is 36.1 Å². The number of thioether (sulfide) groups is 1. The average Bonchev–Trinajstić information content (AvgIpc) is 3.17. The molecule has 1 aromatic carbocycles. The van der Waals surface area contributed by atoms with Crippen LogP contribution in [0.2, 0.25) is 0 Å². The predicted octanol–water partition coefficient (Wildman–Crippen LogP) is 4.20. The van der Waals surface area contributed by atoms with E-state index >= 15 is 0 Å². The number of carbonyl (C=O) groups excluding carboxylic acids is 1. The van der Waals surface area contributed by atoms with Crippen molar-refractivity contribution in [3.05, 3.63) is 65.8 Å². The maximum absolute atomic E-state index is 13.2. The van der Waals surface area contributed by atoms with Crippen LogP contribution in [0.25, 0.3) is 11.4 Å². The molecule has 0 bridgehead atoms. The Labute approximate surface area is 161 Å². The van der Waals surface area contributed by atoms with Gasteiger partial charge in [0.15, 0.2) is 16.8 Å². The highest BCUT2D eigenvalue weighted by Gasteiger charge is 2.18. The summed E-state index contributed by atoms with van der Waals surface area (Å²) in [4.78, 5) is 12.6. The Morgan fingerprint density at radius 2 is 1.96 bits per heavy atom. The molecular weight excluding hydrogens is 363 g/mol. The van der Waals surface area contributed by atoms with Gasteiger partial charge in [0.25, 0.3) is 0 Å². The fourth-order valence-electron chi connectivity index (χ4n) is 2.85. The van der Waals surface area contributed by atoms with Gasteiger partial charge in [-0.05, 0) is 44.2 Å². The highest BCUT2D eigenvalue weighted by molar-refractivity contribution is 7.99. The standard InChI is InChI=1S/C20H21FN4OS/c1-5-10-25-19(15-6-8-16(21)9-7-15)22-23-20(25)27-12-18(26)17-11-13(2)24(4)14(17)3/h5-9,11H,1,10,12H2,2-4H3. The Hall–Kier alpha value is -2.67. The van der Waals surface area contributed by atoms with Gasteiger partial charge in [-0.15, -0.1) is 16.8 Å². The number of allylic oxidation sites excluding steroid dienone is 1. The van der Waals surface area contributed by atoms with Crippen LogP contribution in [0.5, 0.6) is 0 Å². The molecule has 0 aliphatic rings. The lowest BCUT2D eigenvalue weighted by molar-refractivity contribution is 0.102. The van der Waals surface area contributed by atoms with E-state index in [-0.39, 0.29) is 17.4 Å². The minimum atomic E-state index is -0.303. The molecule has 0 aliphatic carbocycles. The molecule has 140 valence electrons. The van der Waals surface area contributed by atoms with E-state index in [9.17, 15) is 9.18 Å². The molecule has 0 saturated carbocycles. The third-order valence-corrected chi connectivity index (χ3v) is 5.51. The molecule has 0 spiro atoms. The van der Waals surface area contributed by atoms with Crippen LogP contribution < -0.4 is 0 Å². The number of nitrogens with zero attached hydrogens (tertiary/aromatic N) is 4. The van der Waals surface area contributed by atoms with Crippen LogP contribution in [0, 0.1) is 19.7 Å². The number of rotatable bonds is 7. The fourth-order valence-corrected chi connectivity index (χ4v) is 3.68. The number of aryl methyl sites for hydroxylation is 1. The zero-order chi connectivity index (χ0) is 19.6. The molecule has 3 rings (SSSR count). The van der Waals surface area contributed by atoms with E-state index in [0.29, 0.717) is 17.5 Å². The first-order valence-electron chi connectivity index (χ1n) is 8.51. The highest BCUT2D eigenvalue weighted by Crippen LogP contribution is 2.25. The van der Waals surface area contributed by atoms with Gasteiger partial charge in [-0.3, -0.25) is 9.36 Å². The number of halogens is 1. The summed E-state index contributed by atoms with van der Waals surface area (Å²) < 4.78 is 17.1. The molecule has 2 heterocycles. The Balaban J connectivity index is 1.82. The van der Waals surface area contributed by atoms with Gasteiger partial charge in [0.1, 0.15) is 5.82 Å². The number of benzene rings is 1. The summed E-state index contributed by atoms with van der Waals surface area (Å²) in [6.45, 7) is 8.20. The van der Waals surface area contributed by atoms with Crippen molar-refractivity contribution in [2.24, 2.45) is 7.05 Å². The van der Waals surface area contributed by atoms with E-state index in [4.69, 9.17) is 0 Å². The van der Waals surface area contributed by atoms with Crippen molar-refractivity contribution >= 4 is 17.5 Å². The van der Waals surface area contributed by atoms with E-state index in [1.165, 1.54) is 23.9 Å². The summed E-state index contributed by atoms with van der Waals surface area (Å²) in [6.07, 6.45) is 1.74. The maximum Gasteiger partial charge on any atom is 0.192 e. The molecule has 0 fully saturated rings. The topological polar surface area (TPSA) is 52.7 Å². The van der Waals surface area contributed by atoms with E-state index in [2.05, 4.69) is 16.8 Å².